The van der Waals surface area contributed by atoms with E-state index in [9.17, 15) is 9.59 Å². The molecule has 0 saturated carbocycles. The van der Waals surface area contributed by atoms with Crippen LogP contribution in [-0.4, -0.2) is 35.6 Å². The second-order valence-electron chi connectivity index (χ2n) is 6.03. The molecule has 0 aromatic carbocycles. The van der Waals surface area contributed by atoms with E-state index in [0.717, 1.165) is 6.08 Å². The minimum absolute atomic E-state index is 0.414. The molecule has 8 heteroatoms. The van der Waals surface area contributed by atoms with Crippen LogP contribution in [0, 0.1) is 0 Å². The smallest absolute Gasteiger partial charge is 0.428 e. The van der Waals surface area contributed by atoms with Crippen LogP contribution in [0.1, 0.15) is 41.5 Å². The fourth-order valence-electron chi connectivity index (χ4n) is 1.48. The van der Waals surface area contributed by atoms with Crippen LogP contribution in [0.4, 0.5) is 4.79 Å². The summed E-state index contributed by atoms with van der Waals surface area (Å²) in [5.41, 5.74) is -0.766. The Hall–Kier alpha value is -1.64. The van der Waals surface area contributed by atoms with Crippen LogP contribution in [0.5, 0.6) is 0 Å². The lowest BCUT2D eigenvalue weighted by atomic mass is 10.2. The Labute approximate surface area is 129 Å². The highest BCUT2D eigenvalue weighted by Gasteiger charge is 2.71. The summed E-state index contributed by atoms with van der Waals surface area (Å²) in [5.74, 6) is -4.69. The summed E-state index contributed by atoms with van der Waals surface area (Å²) < 4.78 is 20.5. The van der Waals surface area contributed by atoms with Crippen molar-refractivity contribution in [3.05, 3.63) is 12.7 Å². The van der Waals surface area contributed by atoms with Crippen molar-refractivity contribution in [2.24, 2.45) is 0 Å². The summed E-state index contributed by atoms with van der Waals surface area (Å²) in [6.45, 7) is 13.0. The predicted octanol–water partition coefficient (Wildman–Crippen LogP) is 2.42. The molecule has 8 nitrogen and oxygen atoms in total. The van der Waals surface area contributed by atoms with Crippen molar-refractivity contribution >= 4 is 12.1 Å². The van der Waals surface area contributed by atoms with E-state index in [1.165, 1.54) is 6.92 Å². The van der Waals surface area contributed by atoms with Gasteiger partial charge in [-0.3, -0.25) is 0 Å². The van der Waals surface area contributed by atoms with Gasteiger partial charge in [-0.15, -0.1) is 4.89 Å². The topological polar surface area (TPSA) is 89.5 Å². The molecular weight excluding hydrogens is 296 g/mol. The SMILES string of the molecule is C=CC(=O)OC1(OC(C)C)OOC1(C)OC(=O)OC(C)(C)C. The monoisotopic (exact) mass is 318 g/mol. The Morgan fingerprint density at radius 3 is 2.14 bits per heavy atom. The van der Waals surface area contributed by atoms with Crippen LogP contribution in [0.2, 0.25) is 0 Å². The van der Waals surface area contributed by atoms with Crippen molar-refractivity contribution in [2.45, 2.75) is 65.0 Å². The van der Waals surface area contributed by atoms with Gasteiger partial charge in [-0.25, -0.2) is 9.59 Å². The van der Waals surface area contributed by atoms with E-state index in [0.29, 0.717) is 0 Å². The highest BCUT2D eigenvalue weighted by molar-refractivity contribution is 5.81. The lowest BCUT2D eigenvalue weighted by molar-refractivity contribution is -0.698. The minimum Gasteiger partial charge on any atom is -0.428 e. The summed E-state index contributed by atoms with van der Waals surface area (Å²) in [6, 6.07) is 0. The van der Waals surface area contributed by atoms with Crippen LogP contribution < -0.4 is 0 Å². The Kier molecular flexibility index (Phi) is 5.21. The van der Waals surface area contributed by atoms with E-state index in [4.69, 9.17) is 28.7 Å². The van der Waals surface area contributed by atoms with Gasteiger partial charge in [-0.05, 0) is 34.6 Å². The first-order chi connectivity index (χ1) is 9.93. The summed E-state index contributed by atoms with van der Waals surface area (Å²) in [6.07, 6.45) is -0.520. The molecule has 0 spiro atoms. The molecule has 1 rings (SSSR count). The summed E-state index contributed by atoms with van der Waals surface area (Å²) in [4.78, 5) is 32.9. The van der Waals surface area contributed by atoms with E-state index in [2.05, 4.69) is 6.58 Å². The van der Waals surface area contributed by atoms with Gasteiger partial charge >= 0.3 is 23.9 Å². The van der Waals surface area contributed by atoms with Crippen molar-refractivity contribution in [1.29, 1.82) is 0 Å². The fourth-order valence-corrected chi connectivity index (χ4v) is 1.48. The van der Waals surface area contributed by atoms with Gasteiger partial charge in [0.15, 0.2) is 0 Å². The maximum absolute atomic E-state index is 11.8. The molecule has 0 aliphatic carbocycles. The first kappa shape index (κ1) is 18.4. The number of carbonyl (C=O) groups is 2. The van der Waals surface area contributed by atoms with Gasteiger partial charge in [-0.2, -0.15) is 4.89 Å². The third-order valence-corrected chi connectivity index (χ3v) is 2.33. The van der Waals surface area contributed by atoms with Crippen LogP contribution in [0.15, 0.2) is 12.7 Å². The van der Waals surface area contributed by atoms with Crippen LogP contribution in [0.3, 0.4) is 0 Å². The third kappa shape index (κ3) is 4.19. The number of hydrogen-bond donors (Lipinski definition) is 0. The molecule has 1 heterocycles. The van der Waals surface area contributed by atoms with Gasteiger partial charge in [-0.1, -0.05) is 6.58 Å². The van der Waals surface area contributed by atoms with Gasteiger partial charge in [0.25, 0.3) is 0 Å². The first-order valence-electron chi connectivity index (χ1n) is 6.75. The normalized spacial score (nSPS) is 27.8. The third-order valence-electron chi connectivity index (χ3n) is 2.33. The van der Waals surface area contributed by atoms with Gasteiger partial charge in [0.1, 0.15) is 5.60 Å². The average molecular weight is 318 g/mol. The molecule has 0 aromatic heterocycles. The molecule has 1 fully saturated rings. The van der Waals surface area contributed by atoms with Crippen LogP contribution in [-0.2, 0) is 33.5 Å². The van der Waals surface area contributed by atoms with Crippen LogP contribution in [0.25, 0.3) is 0 Å². The van der Waals surface area contributed by atoms with E-state index < -0.39 is 35.6 Å². The Morgan fingerprint density at radius 1 is 1.18 bits per heavy atom. The van der Waals surface area contributed by atoms with E-state index in [-0.39, 0.29) is 0 Å². The minimum atomic E-state index is -2.04. The molecule has 0 N–H and O–H groups in total. The second kappa shape index (κ2) is 6.23. The van der Waals surface area contributed by atoms with E-state index in [1.807, 2.05) is 0 Å². The van der Waals surface area contributed by atoms with Crippen molar-refractivity contribution in [2.75, 3.05) is 0 Å². The molecule has 2 atom stereocenters. The molecule has 2 unspecified atom stereocenters. The standard InChI is InChI=1S/C14H22O8/c1-8-10(15)18-14(17-9(2)3)13(7,21-22-14)20-11(16)19-12(4,5)6/h8-9H,1H2,2-7H3. The number of esters is 1. The van der Waals surface area contributed by atoms with Crippen molar-refractivity contribution in [3.8, 4) is 0 Å². The fraction of sp³-hybridized carbons (Fsp3) is 0.714. The molecule has 22 heavy (non-hydrogen) atoms. The first-order valence-corrected chi connectivity index (χ1v) is 6.75. The highest BCUT2D eigenvalue weighted by atomic mass is 17.3. The Balaban J connectivity index is 2.91. The van der Waals surface area contributed by atoms with Crippen molar-refractivity contribution < 1.29 is 38.3 Å². The molecule has 1 aliphatic rings. The molecule has 0 aromatic rings. The molecule has 1 saturated heterocycles. The number of carbonyl (C=O) groups excluding carboxylic acids is 2. The van der Waals surface area contributed by atoms with Gasteiger partial charge < -0.3 is 18.9 Å². The zero-order valence-electron chi connectivity index (χ0n) is 13.6. The largest absolute Gasteiger partial charge is 0.511 e. The molecule has 126 valence electrons. The Morgan fingerprint density at radius 2 is 1.77 bits per heavy atom. The van der Waals surface area contributed by atoms with Crippen molar-refractivity contribution in [3.63, 3.8) is 0 Å². The number of hydrogen-bond acceptors (Lipinski definition) is 8. The zero-order valence-corrected chi connectivity index (χ0v) is 13.6. The van der Waals surface area contributed by atoms with E-state index in [1.54, 1.807) is 34.6 Å². The molecule has 0 radical (unpaired) electrons. The molecule has 0 amide bonds. The van der Waals surface area contributed by atoms with Crippen molar-refractivity contribution in [1.82, 2.24) is 0 Å². The highest BCUT2D eigenvalue weighted by Crippen LogP contribution is 2.45. The Bertz CT molecular complexity index is 452. The lowest BCUT2D eigenvalue weighted by Crippen LogP contribution is -2.71. The average Bonchev–Trinajstić information content (AvgIpc) is 2.33. The van der Waals surface area contributed by atoms with Gasteiger partial charge in [0.05, 0.1) is 6.10 Å². The molecule has 1 aliphatic heterocycles. The van der Waals surface area contributed by atoms with E-state index >= 15 is 0 Å². The number of rotatable bonds is 5. The molecule has 0 bridgehead atoms. The lowest BCUT2D eigenvalue weighted by Gasteiger charge is -2.49. The summed E-state index contributed by atoms with van der Waals surface area (Å²) in [7, 11) is 0. The quantitative estimate of drug-likeness (QED) is 0.330. The zero-order chi connectivity index (χ0) is 17.2. The predicted molar refractivity (Wildman–Crippen MR) is 73.1 cm³/mol. The van der Waals surface area contributed by atoms with Gasteiger partial charge in [0, 0.05) is 13.0 Å². The second-order valence-corrected chi connectivity index (χ2v) is 6.03. The molecular formula is C14H22O8. The maximum Gasteiger partial charge on any atom is 0.511 e. The van der Waals surface area contributed by atoms with Crippen LogP contribution >= 0.6 is 0 Å². The van der Waals surface area contributed by atoms with Gasteiger partial charge in [0.2, 0.25) is 0 Å². The maximum atomic E-state index is 11.8. The number of ether oxygens (including phenoxy) is 4. The summed E-state index contributed by atoms with van der Waals surface area (Å²) >= 11 is 0. The summed E-state index contributed by atoms with van der Waals surface area (Å²) in [5, 5.41) is 0.